The molecular formula is C28H32N2O6S. The molecule has 37 heavy (non-hydrogen) atoms. The van der Waals surface area contributed by atoms with Crippen molar-refractivity contribution >= 4 is 27.6 Å². The Bertz CT molecular complexity index is 1300. The molecule has 0 aromatic heterocycles. The molecule has 0 radical (unpaired) electrons. The fourth-order valence-corrected chi connectivity index (χ4v) is 4.58. The van der Waals surface area contributed by atoms with E-state index in [0.29, 0.717) is 11.4 Å². The van der Waals surface area contributed by atoms with Crippen LogP contribution in [0, 0.1) is 5.92 Å². The van der Waals surface area contributed by atoms with Crippen LogP contribution in [0.15, 0.2) is 89.8 Å². The van der Waals surface area contributed by atoms with Crippen LogP contribution >= 0.6 is 0 Å². The van der Waals surface area contributed by atoms with Gasteiger partial charge in [-0.25, -0.2) is 4.79 Å². The Morgan fingerprint density at radius 2 is 1.38 bits per heavy atom. The predicted octanol–water partition coefficient (Wildman–Crippen LogP) is 4.97. The Morgan fingerprint density at radius 1 is 0.838 bits per heavy atom. The number of ether oxygens (including phenoxy) is 1. The maximum atomic E-state index is 13.5. The molecule has 8 nitrogen and oxygen atoms in total. The van der Waals surface area contributed by atoms with Gasteiger partial charge in [0.2, 0.25) is 0 Å². The quantitative estimate of drug-likeness (QED) is 0.313. The van der Waals surface area contributed by atoms with Crippen molar-refractivity contribution < 1.29 is 27.6 Å². The van der Waals surface area contributed by atoms with E-state index in [4.69, 9.17) is 9.57 Å². The summed E-state index contributed by atoms with van der Waals surface area (Å²) in [7, 11) is -4.16. The first kappa shape index (κ1) is 27.7. The number of carbonyl (C=O) groups is 2. The topological polar surface area (TPSA) is 102 Å². The van der Waals surface area contributed by atoms with Crippen molar-refractivity contribution in [3.63, 3.8) is 0 Å². The Labute approximate surface area is 218 Å². The maximum Gasteiger partial charge on any atom is 0.329 e. The molecule has 1 unspecified atom stereocenters. The largest absolute Gasteiger partial charge is 0.458 e. The highest BCUT2D eigenvalue weighted by molar-refractivity contribution is 7.92. The van der Waals surface area contributed by atoms with Gasteiger partial charge in [0.25, 0.3) is 15.9 Å². The number of amides is 1. The molecule has 0 fully saturated rings. The molecule has 196 valence electrons. The van der Waals surface area contributed by atoms with Crippen molar-refractivity contribution in [2.45, 2.75) is 51.2 Å². The van der Waals surface area contributed by atoms with E-state index in [1.807, 2.05) is 0 Å². The van der Waals surface area contributed by atoms with E-state index in [0.717, 1.165) is 4.47 Å². The molecule has 0 saturated heterocycles. The summed E-state index contributed by atoms with van der Waals surface area (Å²) < 4.78 is 33.4. The first-order valence-electron chi connectivity index (χ1n) is 11.9. The molecule has 0 saturated carbocycles. The van der Waals surface area contributed by atoms with Crippen LogP contribution < -0.4 is 14.6 Å². The van der Waals surface area contributed by atoms with Gasteiger partial charge >= 0.3 is 5.97 Å². The maximum absolute atomic E-state index is 13.5. The molecule has 0 heterocycles. The molecular weight excluding hydrogens is 492 g/mol. The van der Waals surface area contributed by atoms with Gasteiger partial charge in [0.1, 0.15) is 11.6 Å². The molecule has 1 amide bonds. The summed E-state index contributed by atoms with van der Waals surface area (Å²) in [5.74, 6) is -0.929. The standard InChI is InChI=1S/C28H32N2O6S/c1-20(2)25(27(32)35-28(3,4)5)29-26(31)21-16-18-24(19-17-21)37(33,34)30(22-12-8-6-9-13-22)36-23-14-10-7-11-15-23/h6-20,25H,1-5H3,(H,29,31). The van der Waals surface area contributed by atoms with Gasteiger partial charge in [-0.2, -0.15) is 8.42 Å². The highest BCUT2D eigenvalue weighted by Gasteiger charge is 2.31. The van der Waals surface area contributed by atoms with E-state index in [2.05, 4.69) is 5.32 Å². The normalized spacial score (nSPS) is 12.5. The molecule has 0 aliphatic heterocycles. The second-order valence-electron chi connectivity index (χ2n) is 9.73. The summed E-state index contributed by atoms with van der Waals surface area (Å²) in [5.41, 5.74) is -0.189. The lowest BCUT2D eigenvalue weighted by Crippen LogP contribution is -2.47. The van der Waals surface area contributed by atoms with Crippen molar-refractivity contribution in [1.82, 2.24) is 5.32 Å². The van der Waals surface area contributed by atoms with Crippen LogP contribution in [0.5, 0.6) is 5.75 Å². The summed E-state index contributed by atoms with van der Waals surface area (Å²) in [4.78, 5) is 31.1. The van der Waals surface area contributed by atoms with Crippen LogP contribution in [-0.4, -0.2) is 31.9 Å². The second-order valence-corrected chi connectivity index (χ2v) is 11.5. The van der Waals surface area contributed by atoms with Gasteiger partial charge < -0.3 is 14.9 Å². The van der Waals surface area contributed by atoms with Crippen molar-refractivity contribution in [1.29, 1.82) is 0 Å². The average molecular weight is 525 g/mol. The summed E-state index contributed by atoms with van der Waals surface area (Å²) in [6, 6.07) is 21.5. The zero-order chi connectivity index (χ0) is 27.2. The Hall–Kier alpha value is -3.85. The number of anilines is 1. The van der Waals surface area contributed by atoms with Gasteiger partial charge in [0, 0.05) is 5.56 Å². The minimum atomic E-state index is -4.16. The van der Waals surface area contributed by atoms with E-state index in [1.54, 1.807) is 95.3 Å². The van der Waals surface area contributed by atoms with E-state index < -0.39 is 33.5 Å². The molecule has 3 aromatic rings. The van der Waals surface area contributed by atoms with Crippen LogP contribution in [-0.2, 0) is 19.6 Å². The zero-order valence-corrected chi connectivity index (χ0v) is 22.4. The third-order valence-electron chi connectivity index (χ3n) is 5.15. The summed E-state index contributed by atoms with van der Waals surface area (Å²) in [6.45, 7) is 8.86. The number of hydrogen-bond acceptors (Lipinski definition) is 6. The minimum absolute atomic E-state index is 0.0728. The molecule has 1 N–H and O–H groups in total. The van der Waals surface area contributed by atoms with Crippen molar-refractivity contribution in [3.05, 3.63) is 90.5 Å². The number of hydrogen-bond donors (Lipinski definition) is 1. The van der Waals surface area contributed by atoms with Crippen molar-refractivity contribution in [2.75, 3.05) is 4.47 Å². The lowest BCUT2D eigenvalue weighted by molar-refractivity contribution is -0.158. The molecule has 0 spiro atoms. The average Bonchev–Trinajstić information content (AvgIpc) is 2.85. The van der Waals surface area contributed by atoms with Gasteiger partial charge in [-0.3, -0.25) is 4.79 Å². The molecule has 3 aromatic carbocycles. The smallest absolute Gasteiger partial charge is 0.329 e. The predicted molar refractivity (Wildman–Crippen MR) is 142 cm³/mol. The van der Waals surface area contributed by atoms with Crippen LogP contribution in [0.2, 0.25) is 0 Å². The zero-order valence-electron chi connectivity index (χ0n) is 21.5. The van der Waals surface area contributed by atoms with Crippen molar-refractivity contribution in [3.8, 4) is 5.75 Å². The monoisotopic (exact) mass is 524 g/mol. The van der Waals surface area contributed by atoms with E-state index in [1.165, 1.54) is 24.3 Å². The first-order chi connectivity index (χ1) is 17.4. The number of esters is 1. The van der Waals surface area contributed by atoms with Crippen LogP contribution in [0.25, 0.3) is 0 Å². The summed E-state index contributed by atoms with van der Waals surface area (Å²) >= 11 is 0. The fourth-order valence-electron chi connectivity index (χ4n) is 3.33. The fraction of sp³-hybridized carbons (Fsp3) is 0.286. The summed E-state index contributed by atoms with van der Waals surface area (Å²) in [5, 5.41) is 2.70. The lowest BCUT2D eigenvalue weighted by atomic mass is 10.0. The van der Waals surface area contributed by atoms with Crippen LogP contribution in [0.4, 0.5) is 5.69 Å². The van der Waals surface area contributed by atoms with Crippen LogP contribution in [0.1, 0.15) is 45.0 Å². The van der Waals surface area contributed by atoms with Gasteiger partial charge in [0.05, 0.1) is 10.6 Å². The molecule has 0 bridgehead atoms. The number of rotatable bonds is 9. The lowest BCUT2D eigenvalue weighted by Gasteiger charge is -2.26. The molecule has 0 aliphatic rings. The van der Waals surface area contributed by atoms with Gasteiger partial charge in [-0.15, -0.1) is 0 Å². The molecule has 3 rings (SSSR count). The number of para-hydroxylation sites is 2. The third kappa shape index (κ3) is 7.33. The molecule has 1 atom stereocenters. The Morgan fingerprint density at radius 3 is 1.89 bits per heavy atom. The minimum Gasteiger partial charge on any atom is -0.458 e. The SMILES string of the molecule is CC(C)C(NC(=O)c1ccc(S(=O)(=O)N(Oc2ccccc2)c2ccccc2)cc1)C(=O)OC(C)(C)C. The first-order valence-corrected chi connectivity index (χ1v) is 13.3. The van der Waals surface area contributed by atoms with Crippen molar-refractivity contribution in [2.24, 2.45) is 5.92 Å². The summed E-state index contributed by atoms with van der Waals surface area (Å²) in [6.07, 6.45) is 0. The molecule has 9 heteroatoms. The Kier molecular flexibility index (Phi) is 8.60. The highest BCUT2D eigenvalue weighted by atomic mass is 32.2. The van der Waals surface area contributed by atoms with E-state index in [-0.39, 0.29) is 16.4 Å². The number of benzene rings is 3. The number of nitrogens with one attached hydrogen (secondary N) is 1. The van der Waals surface area contributed by atoms with E-state index in [9.17, 15) is 18.0 Å². The van der Waals surface area contributed by atoms with Gasteiger partial charge in [0.15, 0.2) is 5.75 Å². The van der Waals surface area contributed by atoms with Crippen LogP contribution in [0.3, 0.4) is 0 Å². The molecule has 0 aliphatic carbocycles. The third-order valence-corrected chi connectivity index (χ3v) is 6.74. The second kappa shape index (κ2) is 11.5. The Balaban J connectivity index is 1.84. The highest BCUT2D eigenvalue weighted by Crippen LogP contribution is 2.26. The van der Waals surface area contributed by atoms with Gasteiger partial charge in [-0.05, 0) is 75.2 Å². The number of sulfonamides is 1. The van der Waals surface area contributed by atoms with Gasteiger partial charge in [-0.1, -0.05) is 54.7 Å². The number of nitrogens with zero attached hydrogens (tertiary/aromatic N) is 1. The number of carbonyl (C=O) groups excluding carboxylic acids is 2. The van der Waals surface area contributed by atoms with E-state index >= 15 is 0 Å².